The molecule has 15 heavy (non-hydrogen) atoms. The Hall–Kier alpha value is -1.88. The first kappa shape index (κ1) is 11.2. The maximum Gasteiger partial charge on any atom is 0.269 e. The number of carbonyl (C=O) groups is 2. The van der Waals surface area contributed by atoms with Gasteiger partial charge < -0.3 is 5.73 Å². The third kappa shape index (κ3) is 3.40. The molecule has 0 atom stereocenters. The van der Waals surface area contributed by atoms with Crippen LogP contribution in [0.25, 0.3) is 0 Å². The van der Waals surface area contributed by atoms with Gasteiger partial charge >= 0.3 is 0 Å². The third-order valence-electron chi connectivity index (χ3n) is 1.80. The molecule has 0 aromatic heterocycles. The maximum absolute atomic E-state index is 11.4. The van der Waals surface area contributed by atoms with Gasteiger partial charge in [0.25, 0.3) is 5.91 Å². The number of hydrogen-bond acceptors (Lipinski definition) is 3. The van der Waals surface area contributed by atoms with Crippen molar-refractivity contribution in [3.63, 3.8) is 0 Å². The molecule has 0 heterocycles. The summed E-state index contributed by atoms with van der Waals surface area (Å²) in [6.45, 7) is 1.76. The van der Waals surface area contributed by atoms with Gasteiger partial charge in [-0.05, 0) is 17.7 Å². The SMILES string of the molecule is CC(=O)NNC(=O)c1ccc(CN)cc1. The monoisotopic (exact) mass is 207 g/mol. The second-order valence-electron chi connectivity index (χ2n) is 3.04. The molecule has 5 heteroatoms. The van der Waals surface area contributed by atoms with E-state index in [1.807, 2.05) is 0 Å². The molecule has 0 bridgehead atoms. The first-order valence-electron chi connectivity index (χ1n) is 4.49. The topological polar surface area (TPSA) is 84.2 Å². The number of nitrogens with two attached hydrogens (primary N) is 1. The number of hydrazine groups is 1. The summed E-state index contributed by atoms with van der Waals surface area (Å²) in [5.74, 6) is -0.671. The molecule has 0 aliphatic heterocycles. The fourth-order valence-corrected chi connectivity index (χ4v) is 1.01. The maximum atomic E-state index is 11.4. The van der Waals surface area contributed by atoms with Crippen LogP contribution in [0.1, 0.15) is 22.8 Å². The van der Waals surface area contributed by atoms with Crippen molar-refractivity contribution < 1.29 is 9.59 Å². The number of carbonyl (C=O) groups excluding carboxylic acids is 2. The highest BCUT2D eigenvalue weighted by molar-refractivity contribution is 5.95. The van der Waals surface area contributed by atoms with Crippen molar-refractivity contribution in [2.75, 3.05) is 0 Å². The molecule has 0 saturated carbocycles. The zero-order valence-corrected chi connectivity index (χ0v) is 8.41. The van der Waals surface area contributed by atoms with Crippen molar-refractivity contribution >= 4 is 11.8 Å². The summed E-state index contributed by atoms with van der Waals surface area (Å²) in [7, 11) is 0. The predicted molar refractivity (Wildman–Crippen MR) is 55.6 cm³/mol. The molecule has 0 saturated heterocycles. The minimum atomic E-state index is -0.353. The average Bonchev–Trinajstić information content (AvgIpc) is 2.26. The molecule has 4 N–H and O–H groups in total. The predicted octanol–water partition coefficient (Wildman–Crippen LogP) is -0.0738. The van der Waals surface area contributed by atoms with Gasteiger partial charge in [-0.1, -0.05) is 12.1 Å². The largest absolute Gasteiger partial charge is 0.326 e. The second kappa shape index (κ2) is 5.11. The molecule has 0 spiro atoms. The quantitative estimate of drug-likeness (QED) is 0.593. The van der Waals surface area contributed by atoms with E-state index in [0.29, 0.717) is 12.1 Å². The Kier molecular flexibility index (Phi) is 3.82. The van der Waals surface area contributed by atoms with E-state index in [1.54, 1.807) is 24.3 Å². The minimum absolute atomic E-state index is 0.318. The second-order valence-corrected chi connectivity index (χ2v) is 3.04. The van der Waals surface area contributed by atoms with Crippen molar-refractivity contribution in [3.05, 3.63) is 35.4 Å². The summed E-state index contributed by atoms with van der Waals surface area (Å²) in [5.41, 5.74) is 11.3. The van der Waals surface area contributed by atoms with E-state index in [-0.39, 0.29) is 11.8 Å². The van der Waals surface area contributed by atoms with Gasteiger partial charge in [-0.15, -0.1) is 0 Å². The lowest BCUT2D eigenvalue weighted by Crippen LogP contribution is -2.40. The highest BCUT2D eigenvalue weighted by atomic mass is 16.2. The average molecular weight is 207 g/mol. The summed E-state index contributed by atoms with van der Waals surface area (Å²) in [5, 5.41) is 0. The Balaban J connectivity index is 2.62. The Morgan fingerprint density at radius 3 is 2.27 bits per heavy atom. The first-order chi connectivity index (χ1) is 7.13. The highest BCUT2D eigenvalue weighted by Gasteiger charge is 2.04. The van der Waals surface area contributed by atoms with Gasteiger partial charge in [-0.25, -0.2) is 0 Å². The van der Waals surface area contributed by atoms with Crippen LogP contribution in [0, 0.1) is 0 Å². The molecule has 0 unspecified atom stereocenters. The Labute approximate surface area is 87.6 Å². The van der Waals surface area contributed by atoms with Gasteiger partial charge in [-0.2, -0.15) is 0 Å². The molecule has 0 aliphatic rings. The van der Waals surface area contributed by atoms with Crippen molar-refractivity contribution in [2.24, 2.45) is 5.73 Å². The summed E-state index contributed by atoms with van der Waals surface area (Å²) in [6.07, 6.45) is 0. The smallest absolute Gasteiger partial charge is 0.269 e. The summed E-state index contributed by atoms with van der Waals surface area (Å²) in [6, 6.07) is 6.84. The van der Waals surface area contributed by atoms with Gasteiger partial charge in [0.2, 0.25) is 5.91 Å². The van der Waals surface area contributed by atoms with Crippen LogP contribution in [0.4, 0.5) is 0 Å². The lowest BCUT2D eigenvalue weighted by atomic mass is 10.1. The van der Waals surface area contributed by atoms with Crippen LogP contribution in [0.3, 0.4) is 0 Å². The minimum Gasteiger partial charge on any atom is -0.326 e. The molecule has 80 valence electrons. The molecule has 2 amide bonds. The van der Waals surface area contributed by atoms with E-state index < -0.39 is 0 Å². The Morgan fingerprint density at radius 2 is 1.80 bits per heavy atom. The van der Waals surface area contributed by atoms with Crippen molar-refractivity contribution in [3.8, 4) is 0 Å². The van der Waals surface area contributed by atoms with Gasteiger partial charge in [0.15, 0.2) is 0 Å². The van der Waals surface area contributed by atoms with Crippen LogP contribution in [0.5, 0.6) is 0 Å². The van der Waals surface area contributed by atoms with Crippen LogP contribution in [-0.2, 0) is 11.3 Å². The lowest BCUT2D eigenvalue weighted by molar-refractivity contribution is -0.119. The molecule has 1 rings (SSSR count). The van der Waals surface area contributed by atoms with Crippen LogP contribution in [0.15, 0.2) is 24.3 Å². The zero-order valence-electron chi connectivity index (χ0n) is 8.41. The summed E-state index contributed by atoms with van der Waals surface area (Å²) < 4.78 is 0. The number of amides is 2. The van der Waals surface area contributed by atoms with Crippen LogP contribution in [0.2, 0.25) is 0 Å². The van der Waals surface area contributed by atoms with Gasteiger partial charge in [0, 0.05) is 19.0 Å². The number of rotatable bonds is 2. The third-order valence-corrected chi connectivity index (χ3v) is 1.80. The van der Waals surface area contributed by atoms with Crippen LogP contribution in [-0.4, -0.2) is 11.8 Å². The van der Waals surface area contributed by atoms with Gasteiger partial charge in [0.1, 0.15) is 0 Å². The van der Waals surface area contributed by atoms with Crippen molar-refractivity contribution in [1.82, 2.24) is 10.9 Å². The van der Waals surface area contributed by atoms with E-state index in [4.69, 9.17) is 5.73 Å². The summed E-state index contributed by atoms with van der Waals surface area (Å²) >= 11 is 0. The molecule has 1 aromatic carbocycles. The van der Waals surface area contributed by atoms with E-state index in [9.17, 15) is 9.59 Å². The van der Waals surface area contributed by atoms with Gasteiger partial charge in [-0.3, -0.25) is 20.4 Å². The van der Waals surface area contributed by atoms with E-state index in [1.165, 1.54) is 6.92 Å². The molecule has 0 aliphatic carbocycles. The van der Waals surface area contributed by atoms with Crippen molar-refractivity contribution in [2.45, 2.75) is 13.5 Å². The molecular formula is C10H13N3O2. The Bertz CT molecular complexity index is 359. The molecule has 5 nitrogen and oxygen atoms in total. The Morgan fingerprint density at radius 1 is 1.20 bits per heavy atom. The fourth-order valence-electron chi connectivity index (χ4n) is 1.01. The summed E-state index contributed by atoms with van der Waals surface area (Å²) in [4.78, 5) is 21.9. The van der Waals surface area contributed by atoms with Crippen LogP contribution < -0.4 is 16.6 Å². The molecule has 1 aromatic rings. The number of hydrogen-bond donors (Lipinski definition) is 3. The first-order valence-corrected chi connectivity index (χ1v) is 4.49. The van der Waals surface area contributed by atoms with Gasteiger partial charge in [0.05, 0.1) is 0 Å². The molecular weight excluding hydrogens is 194 g/mol. The zero-order chi connectivity index (χ0) is 11.3. The highest BCUT2D eigenvalue weighted by Crippen LogP contribution is 2.02. The molecule has 0 radical (unpaired) electrons. The normalized spacial score (nSPS) is 9.47. The van der Waals surface area contributed by atoms with Crippen molar-refractivity contribution in [1.29, 1.82) is 0 Å². The fraction of sp³-hybridized carbons (Fsp3) is 0.200. The number of benzene rings is 1. The lowest BCUT2D eigenvalue weighted by Gasteiger charge is -2.05. The standard InChI is InChI=1S/C10H13N3O2/c1-7(14)12-13-10(15)9-4-2-8(6-11)3-5-9/h2-5H,6,11H2,1H3,(H,12,14)(H,13,15). The van der Waals surface area contributed by atoms with E-state index in [0.717, 1.165) is 5.56 Å². The van der Waals surface area contributed by atoms with Crippen LogP contribution >= 0.6 is 0 Å². The van der Waals surface area contributed by atoms with E-state index >= 15 is 0 Å². The van der Waals surface area contributed by atoms with E-state index in [2.05, 4.69) is 10.9 Å². The number of nitrogens with one attached hydrogen (secondary N) is 2. The molecule has 0 fully saturated rings.